The van der Waals surface area contributed by atoms with Crippen molar-refractivity contribution in [3.8, 4) is 17.2 Å². The highest BCUT2D eigenvalue weighted by Gasteiger charge is 2.25. The van der Waals surface area contributed by atoms with Crippen LogP contribution in [0.4, 0.5) is 0 Å². The molecule has 0 aliphatic rings. The molecule has 0 aliphatic heterocycles. The lowest BCUT2D eigenvalue weighted by Crippen LogP contribution is -2.50. The molecule has 0 unspecified atom stereocenters. The van der Waals surface area contributed by atoms with E-state index in [0.717, 1.165) is 5.56 Å². The Balaban J connectivity index is 1.69. The molecule has 0 radical (unpaired) electrons. The number of hydrogen-bond acceptors (Lipinski definition) is 7. The average molecular weight is 588 g/mol. The van der Waals surface area contributed by atoms with Gasteiger partial charge in [0.15, 0.2) is 24.2 Å². The second-order valence-electron chi connectivity index (χ2n) is 8.41. The van der Waals surface area contributed by atoms with Crippen LogP contribution in [0.3, 0.4) is 0 Å². The lowest BCUT2D eigenvalue weighted by molar-refractivity contribution is -0.139. The lowest BCUT2D eigenvalue weighted by atomic mass is 10.1. The fourth-order valence-electron chi connectivity index (χ4n) is 3.43. The van der Waals surface area contributed by atoms with Crippen molar-refractivity contribution < 1.29 is 33.7 Å². The predicted molar refractivity (Wildman–Crippen MR) is 150 cm³/mol. The van der Waals surface area contributed by atoms with E-state index in [2.05, 4.69) is 15.8 Å². The fourth-order valence-corrected chi connectivity index (χ4v) is 3.89. The van der Waals surface area contributed by atoms with Crippen LogP contribution in [0.25, 0.3) is 0 Å². The molecule has 2 amide bonds. The molecule has 2 atom stereocenters. The van der Waals surface area contributed by atoms with Crippen molar-refractivity contribution in [1.29, 1.82) is 0 Å². The molecule has 3 aromatic rings. The van der Waals surface area contributed by atoms with Crippen LogP contribution >= 0.6 is 23.2 Å². The van der Waals surface area contributed by atoms with Gasteiger partial charge in [0.1, 0.15) is 11.8 Å². The third-order valence-corrected chi connectivity index (χ3v) is 5.94. The van der Waals surface area contributed by atoms with E-state index in [0.29, 0.717) is 16.3 Å². The van der Waals surface area contributed by atoms with E-state index in [1.165, 1.54) is 32.4 Å². The van der Waals surface area contributed by atoms with E-state index in [1.807, 2.05) is 30.3 Å². The number of nitrogens with one attached hydrogen (secondary N) is 2. The maximum absolute atomic E-state index is 13.1. The Labute approximate surface area is 240 Å². The van der Waals surface area contributed by atoms with Gasteiger partial charge in [0.25, 0.3) is 11.8 Å². The first-order valence-corrected chi connectivity index (χ1v) is 12.7. The van der Waals surface area contributed by atoms with E-state index in [4.69, 9.17) is 42.5 Å². The largest absolute Gasteiger partial charge is 0.493 e. The maximum Gasteiger partial charge on any atom is 0.341 e. The Bertz CT molecular complexity index is 1370. The second kappa shape index (κ2) is 14.8. The highest BCUT2D eigenvalue weighted by Crippen LogP contribution is 2.29. The molecular weight excluding hydrogens is 561 g/mol. The molecular formula is C28H27Cl2N3O7. The summed E-state index contributed by atoms with van der Waals surface area (Å²) in [5.41, 5.74) is 3.81. The fraction of sp³-hybridized carbons (Fsp3) is 0.214. The van der Waals surface area contributed by atoms with Crippen LogP contribution in [0, 0.1) is 0 Å². The smallest absolute Gasteiger partial charge is 0.341 e. The van der Waals surface area contributed by atoms with Gasteiger partial charge in [-0.25, -0.2) is 10.2 Å². The molecule has 0 aliphatic carbocycles. The molecule has 0 saturated heterocycles. The Morgan fingerprint density at radius 3 is 2.38 bits per heavy atom. The zero-order valence-corrected chi connectivity index (χ0v) is 23.1. The third kappa shape index (κ3) is 9.18. The number of carboxylic acid groups (broad SMARTS) is 1. The normalized spacial score (nSPS) is 12.3. The van der Waals surface area contributed by atoms with Crippen molar-refractivity contribution in [2.24, 2.45) is 5.10 Å². The van der Waals surface area contributed by atoms with Crippen LogP contribution in [0.5, 0.6) is 17.2 Å². The van der Waals surface area contributed by atoms with Crippen molar-refractivity contribution >= 4 is 47.2 Å². The number of carboxylic acids is 1. The van der Waals surface area contributed by atoms with E-state index < -0.39 is 36.5 Å². The topological polar surface area (TPSA) is 136 Å². The SMILES string of the molecule is COc1cc(/C=N\NC(=O)[C@H](Cc2ccccc2)NC(=O)[C@@H](C)Oc2ccc(Cl)cc2Cl)ccc1OCC(=O)O. The van der Waals surface area contributed by atoms with Crippen LogP contribution < -0.4 is 25.0 Å². The Kier molecular flexibility index (Phi) is 11.2. The standard InChI is InChI=1S/C28H27Cl2N3O7/c1-17(40-23-11-9-20(29)14-21(23)30)27(36)32-22(12-18-6-4-3-5-7-18)28(37)33-31-15-19-8-10-24(25(13-19)38-2)39-16-26(34)35/h3-11,13-15,17,22H,12,16H2,1-2H3,(H,32,36)(H,33,37)(H,34,35)/b31-15-/t17-,22+/m1/s1. The summed E-state index contributed by atoms with van der Waals surface area (Å²) in [6.07, 6.45) is 0.602. The van der Waals surface area contributed by atoms with Crippen molar-refractivity contribution in [3.63, 3.8) is 0 Å². The predicted octanol–water partition coefficient (Wildman–Crippen LogP) is 4.11. The summed E-state index contributed by atoms with van der Waals surface area (Å²) in [5.74, 6) is -1.40. The number of amides is 2. The minimum absolute atomic E-state index is 0.200. The minimum Gasteiger partial charge on any atom is -0.493 e. The van der Waals surface area contributed by atoms with Gasteiger partial charge >= 0.3 is 5.97 Å². The molecule has 0 spiro atoms. The first-order valence-electron chi connectivity index (χ1n) is 12.0. The van der Waals surface area contributed by atoms with E-state index in [1.54, 1.807) is 24.3 Å². The monoisotopic (exact) mass is 587 g/mol. The summed E-state index contributed by atoms with van der Waals surface area (Å²) in [5, 5.41) is 16.2. The summed E-state index contributed by atoms with van der Waals surface area (Å²) in [6.45, 7) is 1.01. The van der Waals surface area contributed by atoms with Crippen molar-refractivity contribution in [2.75, 3.05) is 13.7 Å². The van der Waals surface area contributed by atoms with Gasteiger partial charge in [-0.3, -0.25) is 9.59 Å². The molecule has 0 aromatic heterocycles. The van der Waals surface area contributed by atoms with Gasteiger partial charge < -0.3 is 24.6 Å². The molecule has 40 heavy (non-hydrogen) atoms. The quantitative estimate of drug-likeness (QED) is 0.202. The summed E-state index contributed by atoms with van der Waals surface area (Å²) in [6, 6.07) is 17.5. The van der Waals surface area contributed by atoms with Crippen LogP contribution in [-0.4, -0.2) is 55.0 Å². The molecule has 0 heterocycles. The maximum atomic E-state index is 13.1. The Morgan fingerprint density at radius 1 is 0.975 bits per heavy atom. The number of nitrogens with zero attached hydrogens (tertiary/aromatic N) is 1. The van der Waals surface area contributed by atoms with E-state index in [-0.39, 0.29) is 22.9 Å². The molecule has 12 heteroatoms. The number of carbonyl (C=O) groups excluding carboxylic acids is 2. The highest BCUT2D eigenvalue weighted by atomic mass is 35.5. The van der Waals surface area contributed by atoms with Gasteiger partial charge in [-0.15, -0.1) is 0 Å². The van der Waals surface area contributed by atoms with Gasteiger partial charge in [0.05, 0.1) is 18.3 Å². The van der Waals surface area contributed by atoms with Gasteiger partial charge in [-0.2, -0.15) is 5.10 Å². The molecule has 10 nitrogen and oxygen atoms in total. The van der Waals surface area contributed by atoms with Crippen molar-refractivity contribution in [3.05, 3.63) is 87.9 Å². The lowest BCUT2D eigenvalue weighted by Gasteiger charge is -2.21. The van der Waals surface area contributed by atoms with Crippen LogP contribution in [-0.2, 0) is 20.8 Å². The van der Waals surface area contributed by atoms with Crippen molar-refractivity contribution in [2.45, 2.75) is 25.5 Å². The summed E-state index contributed by atoms with van der Waals surface area (Å²) in [7, 11) is 1.41. The van der Waals surface area contributed by atoms with E-state index >= 15 is 0 Å². The molecule has 210 valence electrons. The van der Waals surface area contributed by atoms with Crippen LogP contribution in [0.2, 0.25) is 10.0 Å². The number of methoxy groups -OCH3 is 1. The number of rotatable bonds is 13. The van der Waals surface area contributed by atoms with Crippen molar-refractivity contribution in [1.82, 2.24) is 10.7 Å². The van der Waals surface area contributed by atoms with Crippen LogP contribution in [0.15, 0.2) is 71.8 Å². The van der Waals surface area contributed by atoms with Gasteiger partial charge in [0.2, 0.25) is 0 Å². The summed E-state index contributed by atoms with van der Waals surface area (Å²) < 4.78 is 16.1. The number of hydrazone groups is 1. The first kappa shape index (κ1) is 30.3. The third-order valence-electron chi connectivity index (χ3n) is 5.41. The van der Waals surface area contributed by atoms with E-state index in [9.17, 15) is 14.4 Å². The molecule has 0 saturated carbocycles. The Morgan fingerprint density at radius 2 is 1.70 bits per heavy atom. The molecule has 3 rings (SSSR count). The number of hydrogen-bond donors (Lipinski definition) is 3. The van der Waals surface area contributed by atoms with Gasteiger partial charge in [0, 0.05) is 11.4 Å². The van der Waals surface area contributed by atoms with Gasteiger partial charge in [-0.05, 0) is 54.4 Å². The number of carbonyl (C=O) groups is 3. The zero-order chi connectivity index (χ0) is 29.1. The molecule has 3 N–H and O–H groups in total. The highest BCUT2D eigenvalue weighted by molar-refractivity contribution is 6.35. The average Bonchev–Trinajstić information content (AvgIpc) is 2.93. The summed E-state index contributed by atoms with van der Waals surface area (Å²) in [4.78, 5) is 36.7. The number of aliphatic carboxylic acids is 1. The zero-order valence-electron chi connectivity index (χ0n) is 21.6. The molecule has 0 bridgehead atoms. The van der Waals surface area contributed by atoms with Gasteiger partial charge in [-0.1, -0.05) is 53.5 Å². The van der Waals surface area contributed by atoms with Crippen LogP contribution in [0.1, 0.15) is 18.1 Å². The number of ether oxygens (including phenoxy) is 3. The Hall–Kier alpha value is -4.28. The summed E-state index contributed by atoms with van der Waals surface area (Å²) >= 11 is 12.1. The molecule has 0 fully saturated rings. The number of halogens is 2. The first-order chi connectivity index (χ1) is 19.2. The molecule has 3 aromatic carbocycles. The minimum atomic E-state index is -1.12. The second-order valence-corrected chi connectivity index (χ2v) is 9.26. The number of benzene rings is 3.